The molecule has 8 fully saturated rings. The first kappa shape index (κ1) is 49.0. The van der Waals surface area contributed by atoms with Gasteiger partial charge in [-0.05, 0) is 81.5 Å². The minimum Gasteiger partial charge on any atom is -0.394 e. The molecule has 0 bridgehead atoms. The summed E-state index contributed by atoms with van der Waals surface area (Å²) < 4.78 is 55.5. The molecule has 10 N–H and O–H groups in total. The van der Waals surface area contributed by atoms with Crippen LogP contribution >= 0.6 is 0 Å². The van der Waals surface area contributed by atoms with Gasteiger partial charge in [0.05, 0.1) is 31.5 Å². The molecule has 9 aliphatic rings. The maximum atomic E-state index is 12.9. The number of hydrogen-bond acceptors (Lipinski definition) is 19. The minimum atomic E-state index is -1.84. The van der Waals surface area contributed by atoms with Gasteiger partial charge < -0.3 is 93.7 Å². The maximum Gasteiger partial charge on any atom is 0.187 e. The number of methoxy groups -OCH3 is 1. The molecule has 19 nitrogen and oxygen atoms in total. The number of aliphatic hydroxyl groups is 10. The summed E-state index contributed by atoms with van der Waals surface area (Å²) in [6.45, 7) is 8.87. The molecule has 0 amide bonds. The molecule has 0 aromatic rings. The molecule has 27 atom stereocenters. The third kappa shape index (κ3) is 7.65. The molecular formula is C46H74O19. The molecule has 0 aromatic heterocycles. The van der Waals surface area contributed by atoms with Gasteiger partial charge >= 0.3 is 0 Å². The van der Waals surface area contributed by atoms with E-state index in [4.69, 9.17) is 42.6 Å². The summed E-state index contributed by atoms with van der Waals surface area (Å²) in [6.07, 6.45) is -15.2. The highest BCUT2D eigenvalue weighted by molar-refractivity contribution is 5.29. The van der Waals surface area contributed by atoms with Gasteiger partial charge in [0, 0.05) is 30.8 Å². The first-order valence-corrected chi connectivity index (χ1v) is 24.0. The summed E-state index contributed by atoms with van der Waals surface area (Å²) in [5, 5.41) is 109. The van der Waals surface area contributed by atoms with Crippen LogP contribution in [0.15, 0.2) is 11.6 Å². The van der Waals surface area contributed by atoms with Crippen LogP contribution in [0.5, 0.6) is 0 Å². The fraction of sp³-hybridized carbons (Fsp3) is 0.957. The zero-order valence-electron chi connectivity index (χ0n) is 38.3. The first-order chi connectivity index (χ1) is 30.8. The third-order valence-electron chi connectivity index (χ3n) is 18.3. The molecule has 5 heterocycles. The van der Waals surface area contributed by atoms with E-state index < -0.39 is 123 Å². The van der Waals surface area contributed by atoms with E-state index in [1.165, 1.54) is 12.5 Å². The Morgan fingerprint density at radius 1 is 0.662 bits per heavy atom. The van der Waals surface area contributed by atoms with Gasteiger partial charge in [-0.25, -0.2) is 0 Å². The Labute approximate surface area is 379 Å². The lowest BCUT2D eigenvalue weighted by Crippen LogP contribution is -2.67. The van der Waals surface area contributed by atoms with Gasteiger partial charge in [0.25, 0.3) is 0 Å². The number of aliphatic hydroxyl groups excluding tert-OH is 9. The normalized spacial score (nSPS) is 57.8. The lowest BCUT2D eigenvalue weighted by atomic mass is 9.46. The molecule has 5 saturated heterocycles. The van der Waals surface area contributed by atoms with Gasteiger partial charge in [-0.15, -0.1) is 0 Å². The van der Waals surface area contributed by atoms with Crippen molar-refractivity contribution in [2.75, 3.05) is 20.3 Å². The molecule has 4 aliphatic carbocycles. The van der Waals surface area contributed by atoms with Crippen molar-refractivity contribution in [3.8, 4) is 0 Å². The third-order valence-corrected chi connectivity index (χ3v) is 18.3. The van der Waals surface area contributed by atoms with E-state index >= 15 is 0 Å². The number of rotatable bonds is 9. The number of ether oxygens (including phenoxy) is 9. The average molecular weight is 931 g/mol. The molecule has 5 aliphatic heterocycles. The minimum absolute atomic E-state index is 0.152. The molecule has 65 heavy (non-hydrogen) atoms. The zero-order valence-corrected chi connectivity index (χ0v) is 38.3. The summed E-state index contributed by atoms with van der Waals surface area (Å²) in [6, 6.07) is 0. The summed E-state index contributed by atoms with van der Waals surface area (Å²) in [4.78, 5) is 0. The summed E-state index contributed by atoms with van der Waals surface area (Å²) in [5.74, 6) is 0.0340. The van der Waals surface area contributed by atoms with Crippen LogP contribution < -0.4 is 0 Å². The fourth-order valence-corrected chi connectivity index (χ4v) is 14.3. The van der Waals surface area contributed by atoms with E-state index in [1.807, 2.05) is 0 Å². The van der Waals surface area contributed by atoms with E-state index in [1.54, 1.807) is 7.11 Å². The van der Waals surface area contributed by atoms with Crippen LogP contribution in [0.25, 0.3) is 0 Å². The molecular weight excluding hydrogens is 856 g/mol. The molecule has 7 unspecified atom stereocenters. The standard InChI is InChI=1S/C46H74O19/c1-19-9-14-45(65-39(19)57-6)21(3)46(56)29(64-45)16-26-24-8-7-22-15-23(10-12-43(22,4)25(24)11-13-44(26,46)5)59-42-38(63-40-34(53)32(51)30(49)20(2)58-40)36(55)37(28(18-48)61-42)62-41-35(54)33(52)31(50)27(17-47)60-41/h7,19-21,23-42,47-56H,8-18H2,1-6H3/t19-,20+,21-,23+,24?,25?,26?,27+,28-,29?,30+,31+,32-,33-,34-,35+,36+,37-,38-,39?,40+,41-,42-,43+,44+,45?,46?/m1/s1. The van der Waals surface area contributed by atoms with Gasteiger partial charge in [0.2, 0.25) is 0 Å². The topological polar surface area (TPSA) is 285 Å². The number of allylic oxidation sites excluding steroid dienone is 1. The number of fused-ring (bicyclic) bond motifs is 7. The first-order valence-electron chi connectivity index (χ1n) is 24.0. The van der Waals surface area contributed by atoms with Crippen molar-refractivity contribution >= 4 is 0 Å². The highest BCUT2D eigenvalue weighted by Crippen LogP contribution is 2.72. The summed E-state index contributed by atoms with van der Waals surface area (Å²) in [5.41, 5.74) is -0.327. The molecule has 19 heteroatoms. The highest BCUT2D eigenvalue weighted by atomic mass is 16.8. The number of hydrogen-bond donors (Lipinski definition) is 10. The van der Waals surface area contributed by atoms with E-state index in [0.717, 1.165) is 38.5 Å². The van der Waals surface area contributed by atoms with Crippen LogP contribution in [-0.2, 0) is 42.6 Å². The van der Waals surface area contributed by atoms with Crippen LogP contribution in [-0.4, -0.2) is 193 Å². The second-order valence-corrected chi connectivity index (χ2v) is 21.5. The molecule has 9 rings (SSSR count). The van der Waals surface area contributed by atoms with Crippen LogP contribution in [0.2, 0.25) is 0 Å². The fourth-order valence-electron chi connectivity index (χ4n) is 14.3. The average Bonchev–Trinajstić information content (AvgIpc) is 3.64. The monoisotopic (exact) mass is 930 g/mol. The predicted octanol–water partition coefficient (Wildman–Crippen LogP) is -0.698. The second-order valence-electron chi connectivity index (χ2n) is 21.5. The predicted molar refractivity (Wildman–Crippen MR) is 222 cm³/mol. The maximum absolute atomic E-state index is 12.9. The highest BCUT2D eigenvalue weighted by Gasteiger charge is 2.76. The van der Waals surface area contributed by atoms with E-state index in [9.17, 15) is 51.1 Å². The zero-order chi connectivity index (χ0) is 46.7. The van der Waals surface area contributed by atoms with E-state index in [2.05, 4.69) is 33.8 Å². The molecule has 372 valence electrons. The Bertz CT molecular complexity index is 1720. The lowest BCUT2D eigenvalue weighted by molar-refractivity contribution is -0.389. The van der Waals surface area contributed by atoms with Crippen molar-refractivity contribution in [2.24, 2.45) is 40.4 Å². The molecule has 1 spiro atoms. The van der Waals surface area contributed by atoms with Crippen LogP contribution in [0.1, 0.15) is 92.4 Å². The molecule has 3 saturated carbocycles. The van der Waals surface area contributed by atoms with Gasteiger partial charge in [-0.2, -0.15) is 0 Å². The van der Waals surface area contributed by atoms with Crippen LogP contribution in [0, 0.1) is 40.4 Å². The van der Waals surface area contributed by atoms with Crippen molar-refractivity contribution in [1.82, 2.24) is 0 Å². The van der Waals surface area contributed by atoms with Crippen molar-refractivity contribution in [2.45, 2.75) is 214 Å². The van der Waals surface area contributed by atoms with Crippen LogP contribution in [0.3, 0.4) is 0 Å². The van der Waals surface area contributed by atoms with Crippen molar-refractivity contribution in [3.05, 3.63) is 11.6 Å². The Kier molecular flexibility index (Phi) is 13.6. The Morgan fingerprint density at radius 2 is 1.32 bits per heavy atom. The van der Waals surface area contributed by atoms with E-state index in [0.29, 0.717) is 31.1 Å². The quantitative estimate of drug-likeness (QED) is 0.128. The molecule has 0 aromatic carbocycles. The molecule has 0 radical (unpaired) electrons. The van der Waals surface area contributed by atoms with Crippen LogP contribution in [0.4, 0.5) is 0 Å². The lowest BCUT2D eigenvalue weighted by Gasteiger charge is -2.60. The van der Waals surface area contributed by atoms with Gasteiger partial charge in [-0.3, -0.25) is 0 Å². The van der Waals surface area contributed by atoms with Crippen molar-refractivity contribution in [1.29, 1.82) is 0 Å². The van der Waals surface area contributed by atoms with E-state index in [-0.39, 0.29) is 41.0 Å². The smallest absolute Gasteiger partial charge is 0.187 e. The summed E-state index contributed by atoms with van der Waals surface area (Å²) in [7, 11) is 1.66. The Balaban J connectivity index is 0.923. The van der Waals surface area contributed by atoms with Gasteiger partial charge in [0.1, 0.15) is 72.7 Å². The SMILES string of the molecule is COC1OC2(CC[C@H]1C)OC1CC3C4CC=C5C[C@@H](O[C@@H]6O[C@H](CO)[C@@H](O[C@H]7O[C@@H](CO)[C@H](O)[C@@H](O)[C@@H]7O)[C@H](O)[C@H]6O[C@@H]6O[C@@H](C)[C@H](O)[C@@H](O)[C@H]6O)CC[C@]5(C)C4CC[C@]3(C)C1(O)[C@@H]2C. The largest absolute Gasteiger partial charge is 0.394 e. The van der Waals surface area contributed by atoms with Crippen molar-refractivity contribution < 1.29 is 93.7 Å². The van der Waals surface area contributed by atoms with Crippen molar-refractivity contribution in [3.63, 3.8) is 0 Å². The van der Waals surface area contributed by atoms with Gasteiger partial charge in [-0.1, -0.05) is 39.3 Å². The summed E-state index contributed by atoms with van der Waals surface area (Å²) >= 11 is 0. The van der Waals surface area contributed by atoms with Gasteiger partial charge in [0.15, 0.2) is 30.9 Å². The Hall–Kier alpha value is -1.02. The second kappa shape index (κ2) is 18.0. The Morgan fingerprint density at radius 3 is 2.02 bits per heavy atom.